The van der Waals surface area contributed by atoms with Crippen molar-refractivity contribution in [3.63, 3.8) is 0 Å². The first kappa shape index (κ1) is 18.2. The zero-order chi connectivity index (χ0) is 16.8. The molecule has 22 heavy (non-hydrogen) atoms. The predicted molar refractivity (Wildman–Crippen MR) is 88.4 cm³/mol. The Balaban J connectivity index is 3.14. The molecule has 0 aromatic carbocycles. The standard InChI is InChI=1S/C16H28N4O2/c1-5-20(6-2)11-16(12(3)4,22-15(18)21)10-13-8-7-9-14(17)19-13/h7-9,12H,5-6,10-11H2,1-4H3,(H2,17,19)(H2,18,21). The van der Waals surface area contributed by atoms with Crippen LogP contribution in [0.25, 0.3) is 0 Å². The molecular formula is C16H28N4O2. The van der Waals surface area contributed by atoms with E-state index in [1.807, 2.05) is 26.0 Å². The molecule has 1 atom stereocenters. The van der Waals surface area contributed by atoms with E-state index in [0.29, 0.717) is 18.8 Å². The third-order valence-corrected chi connectivity index (χ3v) is 4.05. The Labute approximate surface area is 132 Å². The van der Waals surface area contributed by atoms with Crippen LogP contribution in [0.2, 0.25) is 0 Å². The van der Waals surface area contributed by atoms with Crippen molar-refractivity contribution in [3.8, 4) is 0 Å². The van der Waals surface area contributed by atoms with Gasteiger partial charge in [-0.15, -0.1) is 0 Å². The highest BCUT2D eigenvalue weighted by atomic mass is 16.6. The molecule has 6 nitrogen and oxygen atoms in total. The smallest absolute Gasteiger partial charge is 0.405 e. The van der Waals surface area contributed by atoms with Crippen molar-refractivity contribution in [1.82, 2.24) is 9.88 Å². The molecular weight excluding hydrogens is 280 g/mol. The molecule has 0 aliphatic carbocycles. The van der Waals surface area contributed by atoms with Crippen LogP contribution in [-0.4, -0.2) is 41.2 Å². The van der Waals surface area contributed by atoms with Crippen LogP contribution in [0.4, 0.5) is 10.6 Å². The van der Waals surface area contributed by atoms with Crippen molar-refractivity contribution in [1.29, 1.82) is 0 Å². The lowest BCUT2D eigenvalue weighted by molar-refractivity contribution is -0.0431. The number of rotatable bonds is 8. The highest BCUT2D eigenvalue weighted by Gasteiger charge is 2.39. The number of nitrogens with two attached hydrogens (primary N) is 2. The second-order valence-electron chi connectivity index (χ2n) is 5.83. The normalized spacial score (nSPS) is 14.1. The number of likely N-dealkylation sites (N-methyl/N-ethyl adjacent to an activating group) is 1. The maximum atomic E-state index is 11.5. The van der Waals surface area contributed by atoms with E-state index in [4.69, 9.17) is 16.2 Å². The third kappa shape index (κ3) is 4.87. The Morgan fingerprint density at radius 1 is 1.36 bits per heavy atom. The van der Waals surface area contributed by atoms with Crippen LogP contribution in [0.3, 0.4) is 0 Å². The monoisotopic (exact) mass is 308 g/mol. The summed E-state index contributed by atoms with van der Waals surface area (Å²) < 4.78 is 5.59. The van der Waals surface area contributed by atoms with Crippen molar-refractivity contribution in [2.45, 2.75) is 39.7 Å². The van der Waals surface area contributed by atoms with E-state index in [0.717, 1.165) is 18.8 Å². The van der Waals surface area contributed by atoms with Crippen LogP contribution in [0.1, 0.15) is 33.4 Å². The van der Waals surface area contributed by atoms with Crippen LogP contribution >= 0.6 is 0 Å². The van der Waals surface area contributed by atoms with Crippen LogP contribution in [0.15, 0.2) is 18.2 Å². The lowest BCUT2D eigenvalue weighted by Crippen LogP contribution is -2.52. The number of aromatic nitrogens is 1. The molecule has 0 spiro atoms. The number of hydrogen-bond donors (Lipinski definition) is 2. The fraction of sp³-hybridized carbons (Fsp3) is 0.625. The second kappa shape index (κ2) is 7.98. The maximum absolute atomic E-state index is 11.5. The summed E-state index contributed by atoms with van der Waals surface area (Å²) in [6, 6.07) is 5.48. The number of nitrogen functional groups attached to an aromatic ring is 1. The molecule has 124 valence electrons. The minimum atomic E-state index is -0.759. The number of primary amides is 1. The summed E-state index contributed by atoms with van der Waals surface area (Å²) in [6.45, 7) is 10.6. The molecule has 0 aliphatic heterocycles. The molecule has 0 bridgehead atoms. The molecule has 4 N–H and O–H groups in total. The highest BCUT2D eigenvalue weighted by molar-refractivity contribution is 5.65. The van der Waals surface area contributed by atoms with E-state index in [9.17, 15) is 4.79 Å². The van der Waals surface area contributed by atoms with Gasteiger partial charge in [-0.25, -0.2) is 9.78 Å². The summed E-state index contributed by atoms with van der Waals surface area (Å²) in [6.07, 6.45) is -0.278. The maximum Gasteiger partial charge on any atom is 0.405 e. The summed E-state index contributed by atoms with van der Waals surface area (Å²) >= 11 is 0. The van der Waals surface area contributed by atoms with Crippen molar-refractivity contribution < 1.29 is 9.53 Å². The average Bonchev–Trinajstić information content (AvgIpc) is 2.43. The average molecular weight is 308 g/mol. The van der Waals surface area contributed by atoms with Gasteiger partial charge in [0.25, 0.3) is 0 Å². The molecule has 0 radical (unpaired) electrons. The second-order valence-corrected chi connectivity index (χ2v) is 5.83. The third-order valence-electron chi connectivity index (χ3n) is 4.05. The summed E-state index contributed by atoms with van der Waals surface area (Å²) in [5.74, 6) is 0.543. The molecule has 1 rings (SSSR count). The lowest BCUT2D eigenvalue weighted by atomic mass is 9.84. The van der Waals surface area contributed by atoms with Gasteiger partial charge < -0.3 is 16.2 Å². The van der Waals surface area contributed by atoms with Gasteiger partial charge in [0.15, 0.2) is 0 Å². The van der Waals surface area contributed by atoms with Crippen LogP contribution < -0.4 is 11.5 Å². The number of hydrogen-bond acceptors (Lipinski definition) is 5. The van der Waals surface area contributed by atoms with Crippen molar-refractivity contribution >= 4 is 11.9 Å². The van der Waals surface area contributed by atoms with Gasteiger partial charge in [-0.2, -0.15) is 0 Å². The number of carbonyl (C=O) groups excluding carboxylic acids is 1. The zero-order valence-electron chi connectivity index (χ0n) is 14.0. The van der Waals surface area contributed by atoms with Crippen molar-refractivity contribution in [2.24, 2.45) is 11.7 Å². The molecule has 6 heteroatoms. The molecule has 1 unspecified atom stereocenters. The van der Waals surface area contributed by atoms with Gasteiger partial charge in [-0.05, 0) is 31.1 Å². The Hall–Kier alpha value is -1.82. The number of nitrogens with zero attached hydrogens (tertiary/aromatic N) is 2. The summed E-state index contributed by atoms with van der Waals surface area (Å²) in [5.41, 5.74) is 11.2. The fourth-order valence-electron chi connectivity index (χ4n) is 2.56. The number of anilines is 1. The molecule has 0 aliphatic rings. The minimum Gasteiger partial charge on any atom is -0.441 e. The molecule has 0 saturated heterocycles. The summed E-state index contributed by atoms with van der Waals surface area (Å²) in [7, 11) is 0. The molecule has 1 amide bonds. The molecule has 1 heterocycles. The number of carbonyl (C=O) groups is 1. The van der Waals surface area contributed by atoms with Gasteiger partial charge in [-0.3, -0.25) is 4.90 Å². The first-order chi connectivity index (χ1) is 10.3. The van der Waals surface area contributed by atoms with E-state index >= 15 is 0 Å². The first-order valence-electron chi connectivity index (χ1n) is 7.75. The van der Waals surface area contributed by atoms with Gasteiger partial charge in [0, 0.05) is 18.7 Å². The van der Waals surface area contributed by atoms with Gasteiger partial charge in [-0.1, -0.05) is 33.8 Å². The van der Waals surface area contributed by atoms with Crippen molar-refractivity contribution in [3.05, 3.63) is 23.9 Å². The molecule has 0 fully saturated rings. The minimum absolute atomic E-state index is 0.0869. The molecule has 0 saturated carbocycles. The predicted octanol–water partition coefficient (Wildman–Crippen LogP) is 2.04. The Morgan fingerprint density at radius 2 is 2.00 bits per heavy atom. The van der Waals surface area contributed by atoms with Crippen LogP contribution in [0, 0.1) is 5.92 Å². The molecule has 1 aromatic heterocycles. The van der Waals surface area contributed by atoms with Gasteiger partial charge in [0.05, 0.1) is 0 Å². The summed E-state index contributed by atoms with van der Waals surface area (Å²) in [5, 5.41) is 0. The number of ether oxygens (including phenoxy) is 1. The topological polar surface area (TPSA) is 94.5 Å². The van der Waals surface area contributed by atoms with E-state index in [-0.39, 0.29) is 5.92 Å². The SMILES string of the molecule is CCN(CC)CC(Cc1cccc(N)n1)(OC(N)=O)C(C)C. The number of amides is 1. The highest BCUT2D eigenvalue weighted by Crippen LogP contribution is 2.28. The fourth-order valence-corrected chi connectivity index (χ4v) is 2.56. The zero-order valence-corrected chi connectivity index (χ0v) is 14.0. The Morgan fingerprint density at radius 3 is 2.45 bits per heavy atom. The Bertz CT molecular complexity index is 489. The van der Waals surface area contributed by atoms with Crippen LogP contribution in [0.5, 0.6) is 0 Å². The van der Waals surface area contributed by atoms with E-state index < -0.39 is 11.7 Å². The van der Waals surface area contributed by atoms with E-state index in [1.165, 1.54) is 0 Å². The quantitative estimate of drug-likeness (QED) is 0.766. The summed E-state index contributed by atoms with van der Waals surface area (Å²) in [4.78, 5) is 18.0. The Kier molecular flexibility index (Phi) is 6.61. The van der Waals surface area contributed by atoms with E-state index in [2.05, 4.69) is 23.7 Å². The van der Waals surface area contributed by atoms with Gasteiger partial charge in [0.2, 0.25) is 0 Å². The van der Waals surface area contributed by atoms with Gasteiger partial charge in [0.1, 0.15) is 11.4 Å². The van der Waals surface area contributed by atoms with Crippen molar-refractivity contribution in [2.75, 3.05) is 25.4 Å². The van der Waals surface area contributed by atoms with Gasteiger partial charge >= 0.3 is 6.09 Å². The largest absolute Gasteiger partial charge is 0.441 e. The first-order valence-corrected chi connectivity index (χ1v) is 7.75. The van der Waals surface area contributed by atoms with E-state index in [1.54, 1.807) is 6.07 Å². The van der Waals surface area contributed by atoms with Crippen LogP contribution in [-0.2, 0) is 11.2 Å². The lowest BCUT2D eigenvalue weighted by Gasteiger charge is -2.40. The number of pyridine rings is 1. The molecule has 1 aromatic rings.